The molecule has 2 aromatic carbocycles. The van der Waals surface area contributed by atoms with Gasteiger partial charge in [-0.2, -0.15) is 0 Å². The molecule has 1 N–H and O–H groups in total. The van der Waals surface area contributed by atoms with E-state index in [-0.39, 0.29) is 11.9 Å². The first-order valence-electron chi connectivity index (χ1n) is 10.2. The maximum absolute atomic E-state index is 14.4. The first kappa shape index (κ1) is 19.2. The molecule has 1 unspecified atom stereocenters. The third-order valence-electron chi connectivity index (χ3n) is 5.61. The molecule has 0 saturated carbocycles. The number of nitrogens with one attached hydrogen (secondary N) is 1. The Morgan fingerprint density at radius 3 is 2.93 bits per heavy atom. The molecular formula is C24H21ClFN3O. The predicted molar refractivity (Wildman–Crippen MR) is 116 cm³/mol. The smallest absolute Gasteiger partial charge is 0.233 e. The Kier molecular flexibility index (Phi) is 5.23. The highest BCUT2D eigenvalue weighted by Gasteiger charge is 2.21. The van der Waals surface area contributed by atoms with E-state index in [1.807, 2.05) is 18.2 Å². The molecule has 152 valence electrons. The molecule has 4 nitrogen and oxygen atoms in total. The van der Waals surface area contributed by atoms with E-state index in [4.69, 9.17) is 21.3 Å². The Morgan fingerprint density at radius 2 is 2.10 bits per heavy atom. The van der Waals surface area contributed by atoms with E-state index >= 15 is 0 Å². The van der Waals surface area contributed by atoms with Crippen LogP contribution in [0.4, 0.5) is 4.39 Å². The van der Waals surface area contributed by atoms with Crippen molar-refractivity contribution in [2.45, 2.75) is 25.4 Å². The molecule has 0 radical (unpaired) electrons. The molecule has 0 amide bonds. The summed E-state index contributed by atoms with van der Waals surface area (Å²) in [5.74, 6) is 0.200. The number of hydrogen-bond donors (Lipinski definition) is 1. The highest BCUT2D eigenvalue weighted by atomic mass is 35.5. The van der Waals surface area contributed by atoms with Crippen LogP contribution in [0.15, 0.2) is 54.9 Å². The normalized spacial score (nSPS) is 18.1. The summed E-state index contributed by atoms with van der Waals surface area (Å²) >= 11 is 6.28. The SMILES string of the molecule is Fc1cccc(Cl)c1-c1ccc2c(c1)C(c1cncc(OC3CCCNC3)n1)=CC2. The topological polar surface area (TPSA) is 47.0 Å². The molecule has 5 rings (SSSR count). The lowest BCUT2D eigenvalue weighted by Crippen LogP contribution is -2.37. The molecule has 0 spiro atoms. The van der Waals surface area contributed by atoms with Crippen molar-refractivity contribution in [2.24, 2.45) is 0 Å². The Bertz CT molecular complexity index is 1100. The zero-order valence-electron chi connectivity index (χ0n) is 16.4. The van der Waals surface area contributed by atoms with Crippen molar-refractivity contribution < 1.29 is 9.13 Å². The lowest BCUT2D eigenvalue weighted by atomic mass is 9.96. The first-order chi connectivity index (χ1) is 14.7. The van der Waals surface area contributed by atoms with Crippen LogP contribution in [-0.2, 0) is 6.42 Å². The number of halogens is 2. The van der Waals surface area contributed by atoms with E-state index in [0.29, 0.717) is 16.5 Å². The predicted octanol–water partition coefficient (Wildman–Crippen LogP) is 5.05. The average Bonchev–Trinajstić information content (AvgIpc) is 3.18. The minimum Gasteiger partial charge on any atom is -0.472 e. The number of hydrogen-bond acceptors (Lipinski definition) is 4. The Hall–Kier alpha value is -2.76. The van der Waals surface area contributed by atoms with E-state index in [0.717, 1.165) is 54.7 Å². The Morgan fingerprint density at radius 1 is 1.17 bits per heavy atom. The second-order valence-corrected chi connectivity index (χ2v) is 8.03. The number of allylic oxidation sites excluding steroid dienone is 1. The number of ether oxygens (including phenoxy) is 1. The molecule has 1 aromatic heterocycles. The summed E-state index contributed by atoms with van der Waals surface area (Å²) in [5.41, 5.74) is 5.11. The van der Waals surface area contributed by atoms with Gasteiger partial charge in [-0.1, -0.05) is 35.9 Å². The van der Waals surface area contributed by atoms with Crippen molar-refractivity contribution in [1.29, 1.82) is 0 Å². The van der Waals surface area contributed by atoms with Gasteiger partial charge in [0.2, 0.25) is 5.88 Å². The van der Waals surface area contributed by atoms with Crippen molar-refractivity contribution in [3.8, 4) is 17.0 Å². The molecule has 1 saturated heterocycles. The van der Waals surface area contributed by atoms with Gasteiger partial charge >= 0.3 is 0 Å². The minimum atomic E-state index is -0.331. The van der Waals surface area contributed by atoms with Gasteiger partial charge in [-0.3, -0.25) is 4.98 Å². The van der Waals surface area contributed by atoms with E-state index in [1.54, 1.807) is 24.5 Å². The summed E-state index contributed by atoms with van der Waals surface area (Å²) < 4.78 is 20.5. The third-order valence-corrected chi connectivity index (χ3v) is 5.92. The average molecular weight is 422 g/mol. The van der Waals surface area contributed by atoms with Gasteiger partial charge in [-0.25, -0.2) is 9.37 Å². The van der Waals surface area contributed by atoms with Gasteiger partial charge in [-0.05, 0) is 60.7 Å². The van der Waals surface area contributed by atoms with Crippen LogP contribution in [0.3, 0.4) is 0 Å². The summed E-state index contributed by atoms with van der Waals surface area (Å²) in [4.78, 5) is 9.05. The fourth-order valence-electron chi connectivity index (χ4n) is 4.12. The van der Waals surface area contributed by atoms with Gasteiger partial charge in [0.25, 0.3) is 0 Å². The highest BCUT2D eigenvalue weighted by molar-refractivity contribution is 6.33. The Balaban J connectivity index is 1.47. The van der Waals surface area contributed by atoms with Crippen LogP contribution in [0, 0.1) is 5.82 Å². The van der Waals surface area contributed by atoms with Gasteiger partial charge in [0.1, 0.15) is 11.9 Å². The fraction of sp³-hybridized carbons (Fsp3) is 0.250. The minimum absolute atomic E-state index is 0.114. The van der Waals surface area contributed by atoms with Gasteiger partial charge in [0.15, 0.2) is 0 Å². The molecule has 6 heteroatoms. The summed E-state index contributed by atoms with van der Waals surface area (Å²) in [5, 5.41) is 3.74. The highest BCUT2D eigenvalue weighted by Crippen LogP contribution is 2.37. The maximum Gasteiger partial charge on any atom is 0.233 e. The molecule has 2 heterocycles. The van der Waals surface area contributed by atoms with Gasteiger partial charge < -0.3 is 10.1 Å². The molecule has 1 aliphatic heterocycles. The second kappa shape index (κ2) is 8.17. The van der Waals surface area contributed by atoms with Crippen molar-refractivity contribution in [1.82, 2.24) is 15.3 Å². The summed E-state index contributed by atoms with van der Waals surface area (Å²) in [6.07, 6.45) is 8.56. The summed E-state index contributed by atoms with van der Waals surface area (Å²) in [6.45, 7) is 1.85. The van der Waals surface area contributed by atoms with E-state index < -0.39 is 0 Å². The van der Waals surface area contributed by atoms with Crippen molar-refractivity contribution in [3.05, 3.63) is 82.5 Å². The van der Waals surface area contributed by atoms with Gasteiger partial charge in [0.05, 0.1) is 23.1 Å². The van der Waals surface area contributed by atoms with Crippen LogP contribution in [-0.4, -0.2) is 29.2 Å². The van der Waals surface area contributed by atoms with Crippen LogP contribution < -0.4 is 10.1 Å². The first-order valence-corrected chi connectivity index (χ1v) is 10.5. The molecule has 2 aliphatic rings. The molecule has 0 bridgehead atoms. The van der Waals surface area contributed by atoms with Crippen LogP contribution in [0.1, 0.15) is 29.7 Å². The lowest BCUT2D eigenvalue weighted by molar-refractivity contribution is 0.159. The number of fused-ring (bicyclic) bond motifs is 1. The molecular weight excluding hydrogens is 401 g/mol. The lowest BCUT2D eigenvalue weighted by Gasteiger charge is -2.23. The quantitative estimate of drug-likeness (QED) is 0.640. The second-order valence-electron chi connectivity index (χ2n) is 7.62. The fourth-order valence-corrected chi connectivity index (χ4v) is 4.40. The summed E-state index contributed by atoms with van der Waals surface area (Å²) in [7, 11) is 0. The molecule has 30 heavy (non-hydrogen) atoms. The largest absolute Gasteiger partial charge is 0.472 e. The van der Waals surface area contributed by atoms with Gasteiger partial charge in [-0.15, -0.1) is 0 Å². The molecule has 1 atom stereocenters. The molecule has 1 aliphatic carbocycles. The standard InChI is InChI=1S/C24H21ClFN3O/c25-20-4-1-5-21(26)24(20)16-7-6-15-8-9-18(19(15)11-16)22-13-28-14-23(29-22)30-17-3-2-10-27-12-17/h1,4-7,9,11,13-14,17,27H,2-3,8,10,12H2. The zero-order chi connectivity index (χ0) is 20.5. The van der Waals surface area contributed by atoms with Crippen molar-refractivity contribution >= 4 is 17.2 Å². The van der Waals surface area contributed by atoms with E-state index in [1.165, 1.54) is 11.6 Å². The van der Waals surface area contributed by atoms with Crippen LogP contribution >= 0.6 is 11.6 Å². The third kappa shape index (κ3) is 3.71. The number of piperidine rings is 1. The monoisotopic (exact) mass is 421 g/mol. The van der Waals surface area contributed by atoms with Crippen molar-refractivity contribution in [3.63, 3.8) is 0 Å². The van der Waals surface area contributed by atoms with Gasteiger partial charge in [0, 0.05) is 17.7 Å². The number of nitrogens with zero attached hydrogens (tertiary/aromatic N) is 2. The maximum atomic E-state index is 14.4. The van der Waals surface area contributed by atoms with Crippen molar-refractivity contribution in [2.75, 3.05) is 13.1 Å². The number of rotatable bonds is 4. The molecule has 3 aromatic rings. The summed E-state index contributed by atoms with van der Waals surface area (Å²) in [6, 6.07) is 10.7. The number of aromatic nitrogens is 2. The number of benzene rings is 2. The molecule has 1 fully saturated rings. The van der Waals surface area contributed by atoms with Crippen LogP contribution in [0.25, 0.3) is 16.7 Å². The van der Waals surface area contributed by atoms with Crippen LogP contribution in [0.5, 0.6) is 5.88 Å². The zero-order valence-corrected chi connectivity index (χ0v) is 17.1. The van der Waals surface area contributed by atoms with E-state index in [9.17, 15) is 4.39 Å². The van der Waals surface area contributed by atoms with E-state index in [2.05, 4.69) is 16.4 Å². The Labute approximate surface area is 179 Å². The van der Waals surface area contributed by atoms with Crippen LogP contribution in [0.2, 0.25) is 5.02 Å².